The van der Waals surface area contributed by atoms with E-state index in [0.717, 1.165) is 31.9 Å². The number of aliphatic carboxylic acids is 1. The molecule has 1 fully saturated rings. The molecule has 1 aliphatic rings. The number of carboxylic acids is 1. The van der Waals surface area contributed by atoms with Gasteiger partial charge in [-0.05, 0) is 12.0 Å². The van der Waals surface area contributed by atoms with Gasteiger partial charge in [0.1, 0.15) is 6.04 Å². The van der Waals surface area contributed by atoms with Crippen LogP contribution in [0.1, 0.15) is 5.56 Å². The highest BCUT2D eigenvalue weighted by Gasteiger charge is 2.19. The van der Waals surface area contributed by atoms with Crippen LogP contribution >= 0.6 is 0 Å². The van der Waals surface area contributed by atoms with Gasteiger partial charge in [0.2, 0.25) is 0 Å². The predicted octanol–water partition coefficient (Wildman–Crippen LogP) is 0.562. The minimum atomic E-state index is -0.808. The first kappa shape index (κ1) is 14.0. The number of ether oxygens (including phenoxy) is 1. The molecule has 1 aromatic carbocycles. The second kappa shape index (κ2) is 7.23. The van der Waals surface area contributed by atoms with Crippen molar-refractivity contribution >= 4 is 5.97 Å². The van der Waals surface area contributed by atoms with Crippen molar-refractivity contribution in [3.8, 4) is 0 Å². The molecule has 2 rings (SSSR count). The van der Waals surface area contributed by atoms with E-state index in [4.69, 9.17) is 4.74 Å². The molecule has 5 nitrogen and oxygen atoms in total. The van der Waals surface area contributed by atoms with Crippen LogP contribution in [0.25, 0.3) is 0 Å². The molecule has 5 heteroatoms. The van der Waals surface area contributed by atoms with Gasteiger partial charge in [0.25, 0.3) is 0 Å². The number of morpholine rings is 1. The molecular formula is C14H20N2O3. The molecule has 2 N–H and O–H groups in total. The Morgan fingerprint density at radius 1 is 1.32 bits per heavy atom. The Kier molecular flexibility index (Phi) is 5.32. The molecule has 0 aliphatic carbocycles. The number of carboxylic acid groups (broad SMARTS) is 1. The number of nitrogens with one attached hydrogen (secondary N) is 1. The van der Waals surface area contributed by atoms with E-state index in [0.29, 0.717) is 13.1 Å². The molecule has 1 aliphatic heterocycles. The molecule has 1 atom stereocenters. The van der Waals surface area contributed by atoms with E-state index < -0.39 is 12.0 Å². The van der Waals surface area contributed by atoms with Crippen molar-refractivity contribution in [1.29, 1.82) is 0 Å². The second-order valence-electron chi connectivity index (χ2n) is 4.67. The molecule has 0 aromatic heterocycles. The third kappa shape index (κ3) is 4.63. The Hall–Kier alpha value is -1.43. The van der Waals surface area contributed by atoms with Crippen LogP contribution in [0.3, 0.4) is 0 Å². The molecule has 1 saturated heterocycles. The van der Waals surface area contributed by atoms with Gasteiger partial charge < -0.3 is 9.84 Å². The van der Waals surface area contributed by atoms with Crippen molar-refractivity contribution in [1.82, 2.24) is 10.2 Å². The van der Waals surface area contributed by atoms with Crippen LogP contribution in [0.15, 0.2) is 30.3 Å². The van der Waals surface area contributed by atoms with Crippen molar-refractivity contribution in [3.63, 3.8) is 0 Å². The van der Waals surface area contributed by atoms with E-state index in [-0.39, 0.29) is 0 Å². The molecule has 0 unspecified atom stereocenters. The zero-order valence-electron chi connectivity index (χ0n) is 10.9. The number of nitrogens with zero attached hydrogens (tertiary/aromatic N) is 1. The molecule has 0 bridgehead atoms. The third-order valence-corrected chi connectivity index (χ3v) is 3.25. The summed E-state index contributed by atoms with van der Waals surface area (Å²) in [4.78, 5) is 13.4. The average molecular weight is 264 g/mol. The van der Waals surface area contributed by atoms with Crippen LogP contribution in [0.5, 0.6) is 0 Å². The summed E-state index contributed by atoms with van der Waals surface area (Å²) in [5, 5.41) is 12.4. The van der Waals surface area contributed by atoms with Gasteiger partial charge in [0.05, 0.1) is 13.2 Å². The van der Waals surface area contributed by atoms with E-state index in [9.17, 15) is 9.90 Å². The first-order valence-electron chi connectivity index (χ1n) is 6.56. The smallest absolute Gasteiger partial charge is 0.321 e. The third-order valence-electron chi connectivity index (χ3n) is 3.25. The fraction of sp³-hybridized carbons (Fsp3) is 0.500. The standard InChI is InChI=1S/C14H20N2O3/c17-14(18)13(10-12-4-2-1-3-5-12)15-11-16-6-8-19-9-7-16/h1-5,13,15H,6-11H2,(H,17,18)/t13-/m0/s1. The van der Waals surface area contributed by atoms with Crippen molar-refractivity contribution in [2.45, 2.75) is 12.5 Å². The van der Waals surface area contributed by atoms with E-state index in [1.165, 1.54) is 0 Å². The maximum absolute atomic E-state index is 11.3. The number of carbonyl (C=O) groups is 1. The van der Waals surface area contributed by atoms with Gasteiger partial charge in [-0.3, -0.25) is 15.0 Å². The largest absolute Gasteiger partial charge is 0.480 e. The lowest BCUT2D eigenvalue weighted by Crippen LogP contribution is -2.48. The summed E-state index contributed by atoms with van der Waals surface area (Å²) < 4.78 is 5.26. The SMILES string of the molecule is O=C(O)[C@H](Cc1ccccc1)NCN1CCOCC1. The van der Waals surface area contributed by atoms with E-state index in [2.05, 4.69) is 10.2 Å². The Bertz CT molecular complexity index is 391. The van der Waals surface area contributed by atoms with Crippen LogP contribution in [0, 0.1) is 0 Å². The lowest BCUT2D eigenvalue weighted by molar-refractivity contribution is -0.139. The maximum atomic E-state index is 11.3. The molecule has 0 spiro atoms. The summed E-state index contributed by atoms with van der Waals surface area (Å²) in [5.41, 5.74) is 1.03. The normalized spacial score (nSPS) is 18.1. The van der Waals surface area contributed by atoms with Crippen molar-refractivity contribution in [2.75, 3.05) is 33.0 Å². The van der Waals surface area contributed by atoms with Gasteiger partial charge in [0, 0.05) is 19.8 Å². The van der Waals surface area contributed by atoms with Gasteiger partial charge in [0.15, 0.2) is 0 Å². The Morgan fingerprint density at radius 2 is 2.00 bits per heavy atom. The highest BCUT2D eigenvalue weighted by Crippen LogP contribution is 2.04. The van der Waals surface area contributed by atoms with Crippen LogP contribution < -0.4 is 5.32 Å². The highest BCUT2D eigenvalue weighted by molar-refractivity contribution is 5.73. The summed E-state index contributed by atoms with van der Waals surface area (Å²) in [6.45, 7) is 3.73. The summed E-state index contributed by atoms with van der Waals surface area (Å²) >= 11 is 0. The van der Waals surface area contributed by atoms with Gasteiger partial charge >= 0.3 is 5.97 Å². The quantitative estimate of drug-likeness (QED) is 0.786. The fourth-order valence-corrected chi connectivity index (χ4v) is 2.10. The molecule has 1 aromatic rings. The zero-order valence-corrected chi connectivity index (χ0v) is 10.9. The molecule has 19 heavy (non-hydrogen) atoms. The molecule has 0 radical (unpaired) electrons. The lowest BCUT2D eigenvalue weighted by Gasteiger charge is -2.28. The molecule has 1 heterocycles. The van der Waals surface area contributed by atoms with Gasteiger partial charge in [-0.1, -0.05) is 30.3 Å². The summed E-state index contributed by atoms with van der Waals surface area (Å²) in [6.07, 6.45) is 0.501. The molecular weight excluding hydrogens is 244 g/mol. The first-order valence-corrected chi connectivity index (χ1v) is 6.56. The van der Waals surface area contributed by atoms with E-state index >= 15 is 0 Å². The van der Waals surface area contributed by atoms with Crippen molar-refractivity contribution < 1.29 is 14.6 Å². The Balaban J connectivity index is 1.84. The fourth-order valence-electron chi connectivity index (χ4n) is 2.10. The zero-order chi connectivity index (χ0) is 13.5. The number of rotatable bonds is 6. The Morgan fingerprint density at radius 3 is 2.63 bits per heavy atom. The minimum Gasteiger partial charge on any atom is -0.480 e. The van der Waals surface area contributed by atoms with E-state index in [1.54, 1.807) is 0 Å². The summed E-state index contributed by atoms with van der Waals surface area (Å²) in [5.74, 6) is -0.808. The summed E-state index contributed by atoms with van der Waals surface area (Å²) in [7, 11) is 0. The second-order valence-corrected chi connectivity index (χ2v) is 4.67. The minimum absolute atomic E-state index is 0.501. The molecule has 104 valence electrons. The van der Waals surface area contributed by atoms with Crippen molar-refractivity contribution in [3.05, 3.63) is 35.9 Å². The van der Waals surface area contributed by atoms with Gasteiger partial charge in [-0.2, -0.15) is 0 Å². The maximum Gasteiger partial charge on any atom is 0.321 e. The van der Waals surface area contributed by atoms with Gasteiger partial charge in [-0.15, -0.1) is 0 Å². The van der Waals surface area contributed by atoms with Crippen LogP contribution in [0.4, 0.5) is 0 Å². The lowest BCUT2D eigenvalue weighted by atomic mass is 10.1. The van der Waals surface area contributed by atoms with Crippen LogP contribution in [-0.4, -0.2) is 55.0 Å². The van der Waals surface area contributed by atoms with Crippen LogP contribution in [-0.2, 0) is 16.0 Å². The topological polar surface area (TPSA) is 61.8 Å². The molecule has 0 amide bonds. The number of benzene rings is 1. The highest BCUT2D eigenvalue weighted by atomic mass is 16.5. The predicted molar refractivity (Wildman–Crippen MR) is 72.0 cm³/mol. The van der Waals surface area contributed by atoms with Crippen molar-refractivity contribution in [2.24, 2.45) is 0 Å². The number of hydrogen-bond donors (Lipinski definition) is 2. The summed E-state index contributed by atoms with van der Waals surface area (Å²) in [6, 6.07) is 9.14. The average Bonchev–Trinajstić information content (AvgIpc) is 2.45. The first-order chi connectivity index (χ1) is 9.25. The Labute approximate surface area is 113 Å². The van der Waals surface area contributed by atoms with Gasteiger partial charge in [-0.25, -0.2) is 0 Å². The van der Waals surface area contributed by atoms with E-state index in [1.807, 2.05) is 30.3 Å². The monoisotopic (exact) mass is 264 g/mol. The molecule has 0 saturated carbocycles. The van der Waals surface area contributed by atoms with Crippen LogP contribution in [0.2, 0.25) is 0 Å². The number of hydrogen-bond acceptors (Lipinski definition) is 4.